The largest absolute Gasteiger partial charge is 0.416 e. The van der Waals surface area contributed by atoms with Gasteiger partial charge in [-0.15, -0.1) is 0 Å². The zero-order valence-corrected chi connectivity index (χ0v) is 13.7. The first-order chi connectivity index (χ1) is 11.4. The average Bonchev–Trinajstić information content (AvgIpc) is 2.91. The van der Waals surface area contributed by atoms with Crippen LogP contribution in [0.5, 0.6) is 0 Å². The normalized spacial score (nSPS) is 11.5. The number of para-hydroxylation sites is 1. The highest BCUT2D eigenvalue weighted by atomic mass is 79.9. The summed E-state index contributed by atoms with van der Waals surface area (Å²) >= 11 is 3.30. The fourth-order valence-corrected chi connectivity index (χ4v) is 2.88. The first-order valence-corrected chi connectivity index (χ1v) is 7.68. The molecule has 0 aliphatic rings. The van der Waals surface area contributed by atoms with Gasteiger partial charge in [0.2, 0.25) is 0 Å². The van der Waals surface area contributed by atoms with Crippen molar-refractivity contribution in [2.75, 3.05) is 0 Å². The van der Waals surface area contributed by atoms with Crippen molar-refractivity contribution in [3.63, 3.8) is 0 Å². The summed E-state index contributed by atoms with van der Waals surface area (Å²) in [7, 11) is 0. The molecular formula is C17H10BrF3N2O. The zero-order chi connectivity index (χ0) is 17.3. The van der Waals surface area contributed by atoms with Gasteiger partial charge in [0.15, 0.2) is 6.29 Å². The van der Waals surface area contributed by atoms with Gasteiger partial charge in [-0.2, -0.15) is 18.3 Å². The Kier molecular flexibility index (Phi) is 4.28. The first kappa shape index (κ1) is 16.4. The summed E-state index contributed by atoms with van der Waals surface area (Å²) in [6.45, 7) is 0. The molecule has 0 spiro atoms. The first-order valence-electron chi connectivity index (χ1n) is 6.88. The van der Waals surface area contributed by atoms with Gasteiger partial charge in [0.1, 0.15) is 10.3 Å². The van der Waals surface area contributed by atoms with Crippen LogP contribution in [0.4, 0.5) is 13.2 Å². The lowest BCUT2D eigenvalue weighted by atomic mass is 10.1. The Bertz CT molecular complexity index is 889. The Balaban J connectivity index is 2.18. The van der Waals surface area contributed by atoms with Crippen LogP contribution in [0.15, 0.2) is 59.2 Å². The van der Waals surface area contributed by atoms with Gasteiger partial charge >= 0.3 is 6.18 Å². The Morgan fingerprint density at radius 2 is 1.75 bits per heavy atom. The Hall–Kier alpha value is -2.41. The van der Waals surface area contributed by atoms with E-state index in [1.807, 2.05) is 6.07 Å². The second-order valence-electron chi connectivity index (χ2n) is 5.00. The van der Waals surface area contributed by atoms with Crippen LogP contribution in [-0.2, 0) is 6.18 Å². The van der Waals surface area contributed by atoms with E-state index in [-0.39, 0.29) is 16.8 Å². The molecule has 1 aromatic heterocycles. The third-order valence-corrected chi connectivity index (χ3v) is 4.21. The minimum Gasteiger partial charge on any atom is -0.298 e. The van der Waals surface area contributed by atoms with Crippen LogP contribution in [0.3, 0.4) is 0 Å². The van der Waals surface area contributed by atoms with Gasteiger partial charge in [-0.25, -0.2) is 4.68 Å². The maximum atomic E-state index is 12.9. The summed E-state index contributed by atoms with van der Waals surface area (Å²) in [5.41, 5.74) is 0.500. The predicted octanol–water partition coefficient (Wildman–Crippen LogP) is 5.13. The van der Waals surface area contributed by atoms with Crippen LogP contribution in [-0.4, -0.2) is 16.1 Å². The summed E-state index contributed by atoms with van der Waals surface area (Å²) < 4.78 is 40.6. The summed E-state index contributed by atoms with van der Waals surface area (Å²) in [6, 6.07) is 13.7. The number of hydrogen-bond donors (Lipinski definition) is 0. The molecule has 0 amide bonds. The van der Waals surface area contributed by atoms with E-state index in [4.69, 9.17) is 0 Å². The van der Waals surface area contributed by atoms with Crippen LogP contribution in [0.1, 0.15) is 15.9 Å². The standard InChI is InChI=1S/C17H10BrF3N2O/c18-16-14(10-24)15(22-23(16)13-7-2-1-3-8-13)11-5-4-6-12(9-11)17(19,20)21/h1-10H. The number of carbonyl (C=O) groups is 1. The van der Waals surface area contributed by atoms with Crippen LogP contribution in [0.25, 0.3) is 16.9 Å². The summed E-state index contributed by atoms with van der Waals surface area (Å²) in [5.74, 6) is 0. The molecule has 0 aliphatic heterocycles. The van der Waals surface area contributed by atoms with Crippen molar-refractivity contribution in [1.82, 2.24) is 9.78 Å². The maximum Gasteiger partial charge on any atom is 0.416 e. The molecule has 122 valence electrons. The Labute approximate surface area is 143 Å². The van der Waals surface area contributed by atoms with Gasteiger partial charge < -0.3 is 0 Å². The fraction of sp³-hybridized carbons (Fsp3) is 0.0588. The third kappa shape index (κ3) is 2.99. The van der Waals surface area contributed by atoms with Crippen molar-refractivity contribution >= 4 is 22.2 Å². The molecule has 0 aliphatic carbocycles. The summed E-state index contributed by atoms with van der Waals surface area (Å²) in [6.07, 6.45) is -3.89. The van der Waals surface area contributed by atoms with Crippen LogP contribution in [0.2, 0.25) is 0 Å². The Morgan fingerprint density at radius 3 is 2.38 bits per heavy atom. The van der Waals surface area contributed by atoms with Crippen molar-refractivity contribution in [3.8, 4) is 16.9 Å². The predicted molar refractivity (Wildman–Crippen MR) is 87.1 cm³/mol. The molecule has 3 nitrogen and oxygen atoms in total. The average molecular weight is 395 g/mol. The molecule has 24 heavy (non-hydrogen) atoms. The van der Waals surface area contributed by atoms with Gasteiger partial charge in [-0.05, 0) is 40.2 Å². The third-order valence-electron chi connectivity index (χ3n) is 3.45. The van der Waals surface area contributed by atoms with E-state index in [1.165, 1.54) is 16.8 Å². The summed E-state index contributed by atoms with van der Waals surface area (Å²) in [4.78, 5) is 11.4. The quantitative estimate of drug-likeness (QED) is 0.577. The van der Waals surface area contributed by atoms with Crippen molar-refractivity contribution < 1.29 is 18.0 Å². The van der Waals surface area contributed by atoms with Gasteiger partial charge in [0, 0.05) is 5.56 Å². The lowest BCUT2D eigenvalue weighted by Crippen LogP contribution is -2.04. The van der Waals surface area contributed by atoms with E-state index in [0.717, 1.165) is 12.1 Å². The summed E-state index contributed by atoms with van der Waals surface area (Å²) in [5, 5.41) is 4.32. The molecule has 0 saturated heterocycles. The number of nitrogens with zero attached hydrogens (tertiary/aromatic N) is 2. The maximum absolute atomic E-state index is 12.9. The fourth-order valence-electron chi connectivity index (χ4n) is 2.31. The number of aromatic nitrogens is 2. The van der Waals surface area contributed by atoms with Gasteiger partial charge in [0.25, 0.3) is 0 Å². The minimum absolute atomic E-state index is 0.187. The number of rotatable bonds is 3. The molecule has 0 unspecified atom stereocenters. The molecule has 0 bridgehead atoms. The molecule has 3 rings (SSSR count). The molecule has 3 aromatic rings. The molecule has 1 heterocycles. The minimum atomic E-state index is -4.46. The van der Waals surface area contributed by atoms with Crippen LogP contribution >= 0.6 is 15.9 Å². The highest BCUT2D eigenvalue weighted by Crippen LogP contribution is 2.34. The van der Waals surface area contributed by atoms with Crippen molar-refractivity contribution in [1.29, 1.82) is 0 Å². The van der Waals surface area contributed by atoms with Gasteiger partial charge in [0.05, 0.1) is 16.8 Å². The molecule has 0 fully saturated rings. The Morgan fingerprint density at radius 1 is 1.04 bits per heavy atom. The van der Waals surface area contributed by atoms with Crippen molar-refractivity contribution in [2.24, 2.45) is 0 Å². The monoisotopic (exact) mass is 394 g/mol. The molecular weight excluding hydrogens is 385 g/mol. The SMILES string of the molecule is O=Cc1c(-c2cccc(C(F)(F)F)c2)nn(-c2ccccc2)c1Br. The van der Waals surface area contributed by atoms with Crippen molar-refractivity contribution in [2.45, 2.75) is 6.18 Å². The van der Waals surface area contributed by atoms with E-state index >= 15 is 0 Å². The second kappa shape index (κ2) is 6.24. The molecule has 2 aromatic carbocycles. The van der Waals surface area contributed by atoms with Crippen LogP contribution < -0.4 is 0 Å². The second-order valence-corrected chi connectivity index (χ2v) is 5.75. The zero-order valence-electron chi connectivity index (χ0n) is 12.1. The number of carbonyl (C=O) groups excluding carboxylic acids is 1. The molecule has 0 N–H and O–H groups in total. The molecule has 0 saturated carbocycles. The van der Waals surface area contributed by atoms with Gasteiger partial charge in [-0.1, -0.05) is 30.3 Å². The molecule has 0 radical (unpaired) electrons. The van der Waals surface area contributed by atoms with E-state index in [0.29, 0.717) is 16.6 Å². The van der Waals surface area contributed by atoms with E-state index < -0.39 is 11.7 Å². The highest BCUT2D eigenvalue weighted by Gasteiger charge is 2.31. The molecule has 7 heteroatoms. The molecule has 0 atom stereocenters. The number of hydrogen-bond acceptors (Lipinski definition) is 2. The van der Waals surface area contributed by atoms with E-state index in [2.05, 4.69) is 21.0 Å². The number of aldehydes is 1. The van der Waals surface area contributed by atoms with E-state index in [9.17, 15) is 18.0 Å². The van der Waals surface area contributed by atoms with E-state index in [1.54, 1.807) is 24.3 Å². The smallest absolute Gasteiger partial charge is 0.298 e. The topological polar surface area (TPSA) is 34.9 Å². The lowest BCUT2D eigenvalue weighted by Gasteiger charge is -2.07. The number of benzene rings is 2. The number of halogens is 4. The lowest BCUT2D eigenvalue weighted by molar-refractivity contribution is -0.137. The van der Waals surface area contributed by atoms with Crippen molar-refractivity contribution in [3.05, 3.63) is 70.3 Å². The van der Waals surface area contributed by atoms with Crippen LogP contribution in [0, 0.1) is 0 Å². The highest BCUT2D eigenvalue weighted by molar-refractivity contribution is 9.10. The van der Waals surface area contributed by atoms with Gasteiger partial charge in [-0.3, -0.25) is 4.79 Å². The number of alkyl halides is 3.